The Morgan fingerprint density at radius 3 is 2.69 bits per heavy atom. The maximum Gasteiger partial charge on any atom is 0.230 e. The van der Waals surface area contributed by atoms with Gasteiger partial charge in [0.15, 0.2) is 5.82 Å². The molecule has 2 aromatic carbocycles. The fourth-order valence-corrected chi connectivity index (χ4v) is 4.44. The van der Waals surface area contributed by atoms with Gasteiger partial charge in [0.2, 0.25) is 11.1 Å². The van der Waals surface area contributed by atoms with E-state index in [9.17, 15) is 4.79 Å². The summed E-state index contributed by atoms with van der Waals surface area (Å²) >= 11 is 2.96. The first-order valence-corrected chi connectivity index (χ1v) is 12.4. The summed E-state index contributed by atoms with van der Waals surface area (Å²) in [6.07, 6.45) is 0. The van der Waals surface area contributed by atoms with E-state index in [2.05, 4.69) is 53.6 Å². The molecular formula is C23H29N5O2S2. The molecule has 0 bridgehead atoms. The lowest BCUT2D eigenvalue weighted by Gasteiger charge is -2.14. The number of nitrogens with two attached hydrogens (primary N) is 1. The average Bonchev–Trinajstić information content (AvgIpc) is 3.13. The number of nitrogen functional groups attached to an aromatic ring is 1. The van der Waals surface area contributed by atoms with Gasteiger partial charge in [0.1, 0.15) is 12.4 Å². The highest BCUT2D eigenvalue weighted by Crippen LogP contribution is 2.28. The summed E-state index contributed by atoms with van der Waals surface area (Å²) in [5.74, 6) is 8.77. The molecular weight excluding hydrogens is 442 g/mol. The van der Waals surface area contributed by atoms with Gasteiger partial charge < -0.3 is 15.9 Å². The van der Waals surface area contributed by atoms with Crippen molar-refractivity contribution in [3.63, 3.8) is 0 Å². The minimum Gasteiger partial charge on any atom is -0.485 e. The van der Waals surface area contributed by atoms with Crippen LogP contribution in [0.15, 0.2) is 58.6 Å². The van der Waals surface area contributed by atoms with Crippen LogP contribution in [-0.2, 0) is 11.4 Å². The van der Waals surface area contributed by atoms with Crippen molar-refractivity contribution in [2.75, 3.05) is 23.9 Å². The quantitative estimate of drug-likeness (QED) is 0.248. The third kappa shape index (κ3) is 6.93. The van der Waals surface area contributed by atoms with Crippen LogP contribution in [0.5, 0.6) is 5.75 Å². The maximum absolute atomic E-state index is 12.1. The smallest absolute Gasteiger partial charge is 0.230 e. The van der Waals surface area contributed by atoms with E-state index in [1.165, 1.54) is 21.3 Å². The molecule has 1 heterocycles. The summed E-state index contributed by atoms with van der Waals surface area (Å²) in [6, 6.07) is 16.3. The number of benzene rings is 2. The van der Waals surface area contributed by atoms with Gasteiger partial charge in [-0.2, -0.15) is 0 Å². The summed E-state index contributed by atoms with van der Waals surface area (Å²) in [5.41, 5.74) is 2.26. The summed E-state index contributed by atoms with van der Waals surface area (Å²) in [7, 11) is 0. The molecule has 0 fully saturated rings. The van der Waals surface area contributed by atoms with Crippen LogP contribution in [0.25, 0.3) is 0 Å². The van der Waals surface area contributed by atoms with Gasteiger partial charge in [0.25, 0.3) is 0 Å². The fraction of sp³-hybridized carbons (Fsp3) is 0.348. The predicted octanol–water partition coefficient (Wildman–Crippen LogP) is 4.00. The number of nitrogens with one attached hydrogen (secondary N) is 1. The Bertz CT molecular complexity index is 1020. The number of hydrogen-bond donors (Lipinski definition) is 2. The van der Waals surface area contributed by atoms with Gasteiger partial charge in [-0.05, 0) is 42.2 Å². The molecule has 3 N–H and O–H groups in total. The number of nitrogens with zero attached hydrogens (tertiary/aromatic N) is 3. The lowest BCUT2D eigenvalue weighted by molar-refractivity contribution is -0.118. The van der Waals surface area contributed by atoms with Crippen molar-refractivity contribution in [2.24, 2.45) is 0 Å². The van der Waals surface area contributed by atoms with E-state index in [4.69, 9.17) is 10.6 Å². The highest BCUT2D eigenvalue weighted by atomic mass is 32.2. The van der Waals surface area contributed by atoms with E-state index < -0.39 is 0 Å². The van der Waals surface area contributed by atoms with E-state index in [0.717, 1.165) is 22.6 Å². The molecule has 3 rings (SSSR count). The summed E-state index contributed by atoms with van der Waals surface area (Å²) < 4.78 is 7.38. The van der Waals surface area contributed by atoms with E-state index in [1.807, 2.05) is 31.2 Å². The monoisotopic (exact) mass is 471 g/mol. The van der Waals surface area contributed by atoms with Crippen molar-refractivity contribution in [3.05, 3.63) is 65.5 Å². The van der Waals surface area contributed by atoms with Crippen molar-refractivity contribution in [2.45, 2.75) is 43.3 Å². The Hall–Kier alpha value is -2.65. The van der Waals surface area contributed by atoms with Crippen LogP contribution in [0.2, 0.25) is 0 Å². The number of carbonyl (C=O) groups excluding carboxylic acids is 1. The maximum atomic E-state index is 12.1. The van der Waals surface area contributed by atoms with Crippen molar-refractivity contribution in [1.82, 2.24) is 20.2 Å². The lowest BCUT2D eigenvalue weighted by Crippen LogP contribution is -2.27. The van der Waals surface area contributed by atoms with Crippen molar-refractivity contribution in [1.29, 1.82) is 0 Å². The zero-order valence-corrected chi connectivity index (χ0v) is 20.2. The van der Waals surface area contributed by atoms with Crippen LogP contribution in [0.4, 0.5) is 0 Å². The standard InChI is InChI=1S/C23H29N5O2S2/c1-16(2)19-10-9-17(3)13-20(19)30-14-21-26-27-23(28(21)24)32-15-22(29)25-11-12-31-18-7-5-4-6-8-18/h4-10,13,16H,11-12,14-15,24H2,1-3H3,(H,25,29). The largest absolute Gasteiger partial charge is 0.485 e. The average molecular weight is 472 g/mol. The molecule has 0 atom stereocenters. The Morgan fingerprint density at radius 1 is 1.16 bits per heavy atom. The van der Waals surface area contributed by atoms with Crippen LogP contribution < -0.4 is 15.9 Å². The van der Waals surface area contributed by atoms with E-state index in [0.29, 0.717) is 23.4 Å². The predicted molar refractivity (Wildman–Crippen MR) is 131 cm³/mol. The zero-order valence-electron chi connectivity index (χ0n) is 18.6. The van der Waals surface area contributed by atoms with Gasteiger partial charge in [0.05, 0.1) is 5.75 Å². The van der Waals surface area contributed by atoms with Crippen molar-refractivity contribution >= 4 is 29.4 Å². The third-order valence-electron chi connectivity index (χ3n) is 4.65. The van der Waals surface area contributed by atoms with Crippen molar-refractivity contribution in [3.8, 4) is 5.75 Å². The molecule has 0 unspecified atom stereocenters. The molecule has 0 radical (unpaired) electrons. The van der Waals surface area contributed by atoms with Gasteiger partial charge in [-0.15, -0.1) is 22.0 Å². The molecule has 0 saturated heterocycles. The van der Waals surface area contributed by atoms with Crippen LogP contribution in [-0.4, -0.2) is 38.8 Å². The second-order valence-electron chi connectivity index (χ2n) is 7.55. The minimum atomic E-state index is -0.0641. The molecule has 0 aliphatic heterocycles. The fourth-order valence-electron chi connectivity index (χ4n) is 2.95. The first-order valence-electron chi connectivity index (χ1n) is 10.4. The molecule has 7 nitrogen and oxygen atoms in total. The summed E-state index contributed by atoms with van der Waals surface area (Å²) in [6.45, 7) is 7.09. The van der Waals surface area contributed by atoms with Crippen LogP contribution >= 0.6 is 23.5 Å². The van der Waals surface area contributed by atoms with Gasteiger partial charge in [-0.1, -0.05) is 55.9 Å². The number of aromatic nitrogens is 3. The van der Waals surface area contributed by atoms with Gasteiger partial charge in [0, 0.05) is 17.2 Å². The highest BCUT2D eigenvalue weighted by molar-refractivity contribution is 7.99. The molecule has 0 spiro atoms. The van der Waals surface area contributed by atoms with Crippen LogP contribution in [0.1, 0.15) is 36.7 Å². The van der Waals surface area contributed by atoms with Gasteiger partial charge >= 0.3 is 0 Å². The normalized spacial score (nSPS) is 11.0. The first-order chi connectivity index (χ1) is 15.4. The first kappa shape index (κ1) is 24.0. The number of thioether (sulfide) groups is 2. The zero-order chi connectivity index (χ0) is 22.9. The minimum absolute atomic E-state index is 0.0641. The number of rotatable bonds is 11. The van der Waals surface area contributed by atoms with Crippen LogP contribution in [0, 0.1) is 6.92 Å². The number of amides is 1. The molecule has 1 aromatic heterocycles. The number of ether oxygens (including phenoxy) is 1. The highest BCUT2D eigenvalue weighted by Gasteiger charge is 2.14. The summed E-state index contributed by atoms with van der Waals surface area (Å²) in [4.78, 5) is 13.3. The second-order valence-corrected chi connectivity index (χ2v) is 9.66. The van der Waals surface area contributed by atoms with Gasteiger partial charge in [-0.25, -0.2) is 4.68 Å². The van der Waals surface area contributed by atoms with Crippen LogP contribution in [0.3, 0.4) is 0 Å². The number of carbonyl (C=O) groups is 1. The number of aryl methyl sites for hydroxylation is 1. The Labute approximate surface area is 197 Å². The Kier molecular flexibility index (Phi) is 8.87. The third-order valence-corrected chi connectivity index (χ3v) is 6.61. The molecule has 0 saturated carbocycles. The molecule has 0 aliphatic carbocycles. The lowest BCUT2D eigenvalue weighted by atomic mass is 10.0. The van der Waals surface area contributed by atoms with Crippen molar-refractivity contribution < 1.29 is 9.53 Å². The molecule has 1 amide bonds. The Morgan fingerprint density at radius 2 is 1.94 bits per heavy atom. The molecule has 170 valence electrons. The molecule has 32 heavy (non-hydrogen) atoms. The number of hydrogen-bond acceptors (Lipinski definition) is 7. The summed E-state index contributed by atoms with van der Waals surface area (Å²) in [5, 5.41) is 11.6. The van der Waals surface area contributed by atoms with E-state index in [1.54, 1.807) is 11.8 Å². The van der Waals surface area contributed by atoms with E-state index in [-0.39, 0.29) is 18.3 Å². The van der Waals surface area contributed by atoms with Gasteiger partial charge in [-0.3, -0.25) is 4.79 Å². The SMILES string of the molecule is Cc1ccc(C(C)C)c(OCc2nnc(SCC(=O)NCCSc3ccccc3)n2N)c1. The molecule has 3 aromatic rings. The molecule has 9 heteroatoms. The molecule has 0 aliphatic rings. The van der Waals surface area contributed by atoms with E-state index >= 15 is 0 Å². The topological polar surface area (TPSA) is 95.1 Å². The Balaban J connectivity index is 1.44. The second kappa shape index (κ2) is 11.8.